The van der Waals surface area contributed by atoms with Crippen molar-refractivity contribution in [2.45, 2.75) is 6.54 Å². The van der Waals surface area contributed by atoms with Gasteiger partial charge < -0.3 is 9.88 Å². The van der Waals surface area contributed by atoms with E-state index in [0.717, 1.165) is 12.1 Å². The molecule has 0 radical (unpaired) electrons. The van der Waals surface area contributed by atoms with E-state index < -0.39 is 17.5 Å². The van der Waals surface area contributed by atoms with Gasteiger partial charge in [0.25, 0.3) is 11.5 Å². The number of fused-ring (bicyclic) bond motifs is 1. The van der Waals surface area contributed by atoms with Crippen molar-refractivity contribution >= 4 is 16.7 Å². The van der Waals surface area contributed by atoms with E-state index in [1.807, 2.05) is 0 Å². The van der Waals surface area contributed by atoms with E-state index in [-0.39, 0.29) is 23.4 Å². The molecule has 122 valence electrons. The molecule has 1 N–H and O–H groups in total. The molecule has 1 heterocycles. The number of halogens is 2. The zero-order valence-corrected chi connectivity index (χ0v) is 12.8. The molecule has 0 spiro atoms. The van der Waals surface area contributed by atoms with Gasteiger partial charge in [-0.05, 0) is 23.6 Å². The maximum absolute atomic E-state index is 13.7. The Morgan fingerprint density at radius 3 is 2.62 bits per heavy atom. The van der Waals surface area contributed by atoms with Crippen LogP contribution < -0.4 is 5.56 Å². The first-order chi connectivity index (χ1) is 11.5. The Kier molecular flexibility index (Phi) is 4.12. The van der Waals surface area contributed by atoms with Gasteiger partial charge in [-0.2, -0.15) is 0 Å². The van der Waals surface area contributed by atoms with Gasteiger partial charge in [0.15, 0.2) is 0 Å². The molecule has 0 aliphatic carbocycles. The molecule has 2 aromatic carbocycles. The van der Waals surface area contributed by atoms with Gasteiger partial charge in [0.05, 0.1) is 0 Å². The average molecular weight is 328 g/mol. The number of aromatic nitrogens is 1. The van der Waals surface area contributed by atoms with Crippen LogP contribution in [0.15, 0.2) is 53.3 Å². The molecule has 0 aliphatic rings. The number of benzene rings is 2. The van der Waals surface area contributed by atoms with Crippen LogP contribution in [0.3, 0.4) is 0 Å². The number of nitrogens with one attached hydrogen (secondary N) is 1. The van der Waals surface area contributed by atoms with Gasteiger partial charge in [-0.1, -0.05) is 24.3 Å². The molecule has 3 aromatic rings. The van der Waals surface area contributed by atoms with Crippen LogP contribution in [0.5, 0.6) is 0 Å². The Bertz CT molecular complexity index is 982. The fourth-order valence-electron chi connectivity index (χ4n) is 2.51. The summed E-state index contributed by atoms with van der Waals surface area (Å²) >= 11 is 0. The Hall–Kier alpha value is -3.02. The monoisotopic (exact) mass is 328 g/mol. The molecule has 0 aliphatic heterocycles. The number of rotatable bonds is 3. The lowest BCUT2D eigenvalue weighted by Gasteiger charge is -2.17. The smallest absolute Gasteiger partial charge is 0.270 e. The van der Waals surface area contributed by atoms with E-state index in [0.29, 0.717) is 10.8 Å². The number of H-pyrrole nitrogens is 1. The molecule has 3 rings (SSSR count). The van der Waals surface area contributed by atoms with E-state index >= 15 is 0 Å². The van der Waals surface area contributed by atoms with Gasteiger partial charge in [0.1, 0.15) is 17.3 Å². The molecule has 0 saturated carbocycles. The van der Waals surface area contributed by atoms with Crippen LogP contribution in [0.1, 0.15) is 16.1 Å². The Balaban J connectivity index is 1.89. The molecule has 4 nitrogen and oxygen atoms in total. The Labute approximate surface area is 136 Å². The second kappa shape index (κ2) is 6.23. The molecule has 0 bridgehead atoms. The van der Waals surface area contributed by atoms with Gasteiger partial charge in [0.2, 0.25) is 0 Å². The number of carbonyl (C=O) groups is 1. The van der Waals surface area contributed by atoms with Gasteiger partial charge in [-0.25, -0.2) is 8.78 Å². The second-order valence-corrected chi connectivity index (χ2v) is 5.50. The van der Waals surface area contributed by atoms with Crippen LogP contribution in [0, 0.1) is 11.6 Å². The predicted molar refractivity (Wildman–Crippen MR) is 86.7 cm³/mol. The zero-order chi connectivity index (χ0) is 17.3. The van der Waals surface area contributed by atoms with Crippen molar-refractivity contribution in [3.63, 3.8) is 0 Å². The van der Waals surface area contributed by atoms with Crippen molar-refractivity contribution in [3.8, 4) is 0 Å². The highest BCUT2D eigenvalue weighted by Crippen LogP contribution is 2.14. The molecule has 1 amide bonds. The minimum Gasteiger partial charge on any atom is -0.336 e. The van der Waals surface area contributed by atoms with Gasteiger partial charge in [0, 0.05) is 30.6 Å². The van der Waals surface area contributed by atoms with Crippen molar-refractivity contribution in [1.82, 2.24) is 9.88 Å². The molecule has 6 heteroatoms. The minimum atomic E-state index is -0.721. The molecule has 0 atom stereocenters. The maximum Gasteiger partial charge on any atom is 0.270 e. The summed E-state index contributed by atoms with van der Waals surface area (Å²) in [6.07, 6.45) is 0. The molecule has 0 unspecified atom stereocenters. The molecular weight excluding hydrogens is 314 g/mol. The maximum atomic E-state index is 13.7. The number of aromatic amines is 1. The van der Waals surface area contributed by atoms with Crippen molar-refractivity contribution < 1.29 is 13.6 Å². The lowest BCUT2D eigenvalue weighted by molar-refractivity contribution is 0.0778. The van der Waals surface area contributed by atoms with Crippen LogP contribution in [0.25, 0.3) is 10.8 Å². The first kappa shape index (κ1) is 15.9. The quantitative estimate of drug-likeness (QED) is 0.803. The average Bonchev–Trinajstić information content (AvgIpc) is 2.56. The normalized spacial score (nSPS) is 10.8. The van der Waals surface area contributed by atoms with Crippen LogP contribution in [0.2, 0.25) is 0 Å². The van der Waals surface area contributed by atoms with Crippen molar-refractivity contribution in [2.75, 3.05) is 7.05 Å². The van der Waals surface area contributed by atoms with Crippen LogP contribution in [-0.4, -0.2) is 22.8 Å². The van der Waals surface area contributed by atoms with Crippen LogP contribution in [-0.2, 0) is 6.54 Å². The number of hydrogen-bond acceptors (Lipinski definition) is 2. The number of carbonyl (C=O) groups excluding carboxylic acids is 1. The SMILES string of the molecule is CN(Cc1ccc(F)cc1F)C(=O)c1cc2ccccc2c(=O)[nH]1. The molecule has 24 heavy (non-hydrogen) atoms. The third-order valence-corrected chi connectivity index (χ3v) is 3.75. The highest BCUT2D eigenvalue weighted by Gasteiger charge is 2.16. The summed E-state index contributed by atoms with van der Waals surface area (Å²) in [7, 11) is 1.48. The standard InChI is InChI=1S/C18H14F2N2O2/c1-22(10-12-6-7-13(19)9-15(12)20)18(24)16-8-11-4-2-3-5-14(11)17(23)21-16/h2-9H,10H2,1H3,(H,21,23). The van der Waals surface area contributed by atoms with E-state index in [1.54, 1.807) is 30.3 Å². The fraction of sp³-hybridized carbons (Fsp3) is 0.111. The summed E-state index contributed by atoms with van der Waals surface area (Å²) in [6, 6.07) is 11.7. The third kappa shape index (κ3) is 3.03. The highest BCUT2D eigenvalue weighted by molar-refractivity contribution is 5.96. The summed E-state index contributed by atoms with van der Waals surface area (Å²) in [6.45, 7) is -0.0419. The lowest BCUT2D eigenvalue weighted by atomic mass is 10.1. The molecule has 1 aromatic heterocycles. The van der Waals surface area contributed by atoms with Crippen molar-refractivity contribution in [2.24, 2.45) is 0 Å². The van der Waals surface area contributed by atoms with E-state index in [4.69, 9.17) is 0 Å². The minimum absolute atomic E-state index is 0.0419. The van der Waals surface area contributed by atoms with Gasteiger partial charge in [-0.3, -0.25) is 9.59 Å². The topological polar surface area (TPSA) is 53.2 Å². The first-order valence-electron chi connectivity index (χ1n) is 7.27. The summed E-state index contributed by atoms with van der Waals surface area (Å²) in [5, 5.41) is 1.13. The van der Waals surface area contributed by atoms with Crippen molar-refractivity contribution in [1.29, 1.82) is 0 Å². The van der Waals surface area contributed by atoms with Crippen LogP contribution in [0.4, 0.5) is 8.78 Å². The highest BCUT2D eigenvalue weighted by atomic mass is 19.1. The Morgan fingerprint density at radius 2 is 1.88 bits per heavy atom. The third-order valence-electron chi connectivity index (χ3n) is 3.75. The van der Waals surface area contributed by atoms with Gasteiger partial charge in [-0.15, -0.1) is 0 Å². The van der Waals surface area contributed by atoms with Crippen LogP contribution >= 0.6 is 0 Å². The first-order valence-corrected chi connectivity index (χ1v) is 7.27. The number of hydrogen-bond donors (Lipinski definition) is 1. The lowest BCUT2D eigenvalue weighted by Crippen LogP contribution is -2.29. The Morgan fingerprint density at radius 1 is 1.12 bits per heavy atom. The fourth-order valence-corrected chi connectivity index (χ4v) is 2.51. The van der Waals surface area contributed by atoms with E-state index in [1.165, 1.54) is 18.0 Å². The van der Waals surface area contributed by atoms with Gasteiger partial charge >= 0.3 is 0 Å². The second-order valence-electron chi connectivity index (χ2n) is 5.50. The van der Waals surface area contributed by atoms with E-state index in [9.17, 15) is 18.4 Å². The number of amides is 1. The molecule has 0 fully saturated rings. The molecule has 0 saturated heterocycles. The largest absolute Gasteiger partial charge is 0.336 e. The summed E-state index contributed by atoms with van der Waals surface area (Å²) < 4.78 is 26.7. The van der Waals surface area contributed by atoms with Crippen molar-refractivity contribution in [3.05, 3.63) is 81.8 Å². The number of nitrogens with zero attached hydrogens (tertiary/aromatic N) is 1. The predicted octanol–water partition coefficient (Wildman–Crippen LogP) is 3.08. The molecular formula is C18H14F2N2O2. The summed E-state index contributed by atoms with van der Waals surface area (Å²) in [5.41, 5.74) is -0.0584. The summed E-state index contributed by atoms with van der Waals surface area (Å²) in [5.74, 6) is -1.85. The summed E-state index contributed by atoms with van der Waals surface area (Å²) in [4.78, 5) is 28.3. The number of pyridine rings is 1. The van der Waals surface area contributed by atoms with E-state index in [2.05, 4.69) is 4.98 Å². The zero-order valence-electron chi connectivity index (χ0n) is 12.8.